The SMILES string of the molecule is O=C(C1CCC(c2cn(-c3ccc4[nH]nc(-c5ccncc5)c4c3)nn2)CN1Cc1c(F)cccc1F)N1CC(F)(F)C1. The van der Waals surface area contributed by atoms with E-state index in [1.807, 2.05) is 30.3 Å². The molecule has 0 bridgehead atoms. The number of rotatable bonds is 6. The lowest BCUT2D eigenvalue weighted by Crippen LogP contribution is -2.63. The maximum Gasteiger partial charge on any atom is 0.282 e. The first kappa shape index (κ1) is 27.2. The summed E-state index contributed by atoms with van der Waals surface area (Å²) in [6.45, 7) is -1.23. The van der Waals surface area contributed by atoms with Crippen LogP contribution in [0.1, 0.15) is 30.0 Å². The molecule has 0 radical (unpaired) electrons. The summed E-state index contributed by atoms with van der Waals surface area (Å²) in [7, 11) is 0. The van der Waals surface area contributed by atoms with Gasteiger partial charge in [-0.2, -0.15) is 5.10 Å². The van der Waals surface area contributed by atoms with Gasteiger partial charge in [-0.15, -0.1) is 5.10 Å². The fourth-order valence-corrected chi connectivity index (χ4v) is 5.97. The maximum absolute atomic E-state index is 14.6. The number of H-pyrrole nitrogens is 1. The fourth-order valence-electron chi connectivity index (χ4n) is 5.97. The second-order valence-corrected chi connectivity index (χ2v) is 11.1. The molecule has 2 aromatic carbocycles. The molecule has 2 aliphatic rings. The Morgan fingerprint density at radius 2 is 1.79 bits per heavy atom. The van der Waals surface area contributed by atoms with Crippen LogP contribution in [0.3, 0.4) is 0 Å². The number of amides is 1. The summed E-state index contributed by atoms with van der Waals surface area (Å²) in [6, 6.07) is 12.3. The zero-order valence-corrected chi connectivity index (χ0v) is 22.8. The van der Waals surface area contributed by atoms with Crippen molar-refractivity contribution in [1.82, 2.24) is 40.0 Å². The van der Waals surface area contributed by atoms with Crippen molar-refractivity contribution in [3.8, 4) is 16.9 Å². The van der Waals surface area contributed by atoms with Crippen molar-refractivity contribution in [3.63, 3.8) is 0 Å². The van der Waals surface area contributed by atoms with Crippen molar-refractivity contribution in [2.45, 2.75) is 37.3 Å². The van der Waals surface area contributed by atoms with E-state index < -0.39 is 42.6 Å². The third kappa shape index (κ3) is 5.13. The number of carbonyl (C=O) groups is 1. The minimum absolute atomic E-state index is 0.169. The molecule has 7 rings (SSSR count). The number of piperidine rings is 1. The van der Waals surface area contributed by atoms with E-state index in [0.29, 0.717) is 18.5 Å². The highest BCUT2D eigenvalue weighted by molar-refractivity contribution is 5.94. The molecule has 1 N–H and O–H groups in total. The van der Waals surface area contributed by atoms with Crippen molar-refractivity contribution in [3.05, 3.63) is 90.0 Å². The van der Waals surface area contributed by atoms with E-state index in [2.05, 4.69) is 25.5 Å². The summed E-state index contributed by atoms with van der Waals surface area (Å²) >= 11 is 0. The molecule has 2 aliphatic heterocycles. The van der Waals surface area contributed by atoms with E-state index >= 15 is 0 Å². The molecule has 13 heteroatoms. The molecule has 0 spiro atoms. The number of benzene rings is 2. The Morgan fingerprint density at radius 1 is 1.02 bits per heavy atom. The average molecular weight is 591 g/mol. The second-order valence-electron chi connectivity index (χ2n) is 11.1. The minimum atomic E-state index is -2.91. The Bertz CT molecular complexity index is 1780. The number of pyridine rings is 1. The second kappa shape index (κ2) is 10.6. The van der Waals surface area contributed by atoms with Gasteiger partial charge >= 0.3 is 0 Å². The molecule has 5 aromatic rings. The van der Waals surface area contributed by atoms with Crippen molar-refractivity contribution < 1.29 is 22.4 Å². The highest BCUT2D eigenvalue weighted by Gasteiger charge is 2.49. The standard InChI is InChI=1S/C30H26F4N8O/c31-23-2-1-3-24(32)22(23)14-40-13-19(4-7-27(40)29(43)41-16-30(33,34)17-41)26-15-42(39-37-26)20-5-6-25-21(12-20)28(38-36-25)18-8-10-35-11-9-18/h1-3,5-6,8-12,15,19,27H,4,7,13-14,16-17H2,(H,36,38). The maximum atomic E-state index is 14.6. The average Bonchev–Trinajstić information content (AvgIpc) is 3.65. The third-order valence-corrected chi connectivity index (χ3v) is 8.24. The van der Waals surface area contributed by atoms with E-state index in [1.54, 1.807) is 28.2 Å². The highest BCUT2D eigenvalue weighted by Crippen LogP contribution is 2.35. The molecule has 2 fully saturated rings. The molecule has 1 amide bonds. The van der Waals surface area contributed by atoms with Gasteiger partial charge in [0.05, 0.1) is 42.2 Å². The Morgan fingerprint density at radius 3 is 2.53 bits per heavy atom. The van der Waals surface area contributed by atoms with Gasteiger partial charge in [-0.3, -0.25) is 19.8 Å². The topological polar surface area (TPSA) is 95.8 Å². The first-order valence-corrected chi connectivity index (χ1v) is 13.9. The van der Waals surface area contributed by atoms with Crippen LogP contribution in [0.5, 0.6) is 0 Å². The molecule has 9 nitrogen and oxygen atoms in total. The quantitative estimate of drug-likeness (QED) is 0.288. The normalized spacial score (nSPS) is 20.3. The zero-order chi connectivity index (χ0) is 29.7. The molecule has 220 valence electrons. The molecule has 3 aromatic heterocycles. The highest BCUT2D eigenvalue weighted by atomic mass is 19.3. The molecular weight excluding hydrogens is 564 g/mol. The van der Waals surface area contributed by atoms with Crippen molar-refractivity contribution in [2.24, 2.45) is 0 Å². The van der Waals surface area contributed by atoms with Crippen LogP contribution in [0.2, 0.25) is 0 Å². The lowest BCUT2D eigenvalue weighted by molar-refractivity contribution is -0.172. The van der Waals surface area contributed by atoms with Crippen LogP contribution in [0.25, 0.3) is 27.8 Å². The molecule has 2 unspecified atom stereocenters. The van der Waals surface area contributed by atoms with Crippen LogP contribution in [0.15, 0.2) is 67.1 Å². The van der Waals surface area contributed by atoms with Gasteiger partial charge in [0.1, 0.15) is 17.3 Å². The molecule has 2 saturated heterocycles. The number of halogens is 4. The Kier molecular flexibility index (Phi) is 6.68. The van der Waals surface area contributed by atoms with Gasteiger partial charge in [-0.05, 0) is 55.3 Å². The predicted octanol–water partition coefficient (Wildman–Crippen LogP) is 4.71. The summed E-state index contributed by atoms with van der Waals surface area (Å²) in [5.41, 5.74) is 3.79. The number of aromatic amines is 1. The van der Waals surface area contributed by atoms with E-state index in [-0.39, 0.29) is 24.6 Å². The Hall–Kier alpha value is -4.65. The van der Waals surface area contributed by atoms with Crippen LogP contribution < -0.4 is 0 Å². The number of likely N-dealkylation sites (tertiary alicyclic amines) is 2. The van der Waals surface area contributed by atoms with Crippen LogP contribution in [-0.4, -0.2) is 77.5 Å². The number of nitrogens with one attached hydrogen (secondary N) is 1. The lowest BCUT2D eigenvalue weighted by Gasteiger charge is -2.45. The summed E-state index contributed by atoms with van der Waals surface area (Å²) in [4.78, 5) is 20.1. The van der Waals surface area contributed by atoms with Crippen LogP contribution in [0, 0.1) is 11.6 Å². The monoisotopic (exact) mass is 590 g/mol. The van der Waals surface area contributed by atoms with Gasteiger partial charge < -0.3 is 4.90 Å². The summed E-state index contributed by atoms with van der Waals surface area (Å²) < 4.78 is 57.9. The number of alkyl halides is 2. The lowest BCUT2D eigenvalue weighted by atomic mass is 9.89. The number of hydrogen-bond donors (Lipinski definition) is 1. The fraction of sp³-hybridized carbons (Fsp3) is 0.300. The van der Waals surface area contributed by atoms with Gasteiger partial charge in [-0.25, -0.2) is 22.2 Å². The van der Waals surface area contributed by atoms with Gasteiger partial charge in [0.25, 0.3) is 5.92 Å². The first-order valence-electron chi connectivity index (χ1n) is 13.9. The predicted molar refractivity (Wildman–Crippen MR) is 148 cm³/mol. The van der Waals surface area contributed by atoms with E-state index in [0.717, 1.165) is 44.9 Å². The van der Waals surface area contributed by atoms with Gasteiger partial charge in [0.15, 0.2) is 0 Å². The van der Waals surface area contributed by atoms with Crippen molar-refractivity contribution in [1.29, 1.82) is 0 Å². The van der Waals surface area contributed by atoms with E-state index in [9.17, 15) is 22.4 Å². The summed E-state index contributed by atoms with van der Waals surface area (Å²) in [6.07, 6.45) is 6.06. The van der Waals surface area contributed by atoms with Gasteiger partial charge in [-0.1, -0.05) is 11.3 Å². The molecular formula is C30H26F4N8O. The summed E-state index contributed by atoms with van der Waals surface area (Å²) in [5.74, 6) is -5.02. The number of hydrogen-bond acceptors (Lipinski definition) is 6. The molecule has 0 saturated carbocycles. The van der Waals surface area contributed by atoms with E-state index in [1.165, 1.54) is 6.07 Å². The van der Waals surface area contributed by atoms with Crippen molar-refractivity contribution in [2.75, 3.05) is 19.6 Å². The molecule has 43 heavy (non-hydrogen) atoms. The molecule has 0 aliphatic carbocycles. The number of aromatic nitrogens is 6. The smallest absolute Gasteiger partial charge is 0.282 e. The van der Waals surface area contributed by atoms with Crippen LogP contribution in [-0.2, 0) is 11.3 Å². The van der Waals surface area contributed by atoms with Crippen molar-refractivity contribution >= 4 is 16.8 Å². The summed E-state index contributed by atoms with van der Waals surface area (Å²) in [5, 5.41) is 17.1. The van der Waals surface area contributed by atoms with Gasteiger partial charge in [0.2, 0.25) is 5.91 Å². The number of carbonyl (C=O) groups excluding carboxylic acids is 1. The van der Waals surface area contributed by atoms with E-state index in [4.69, 9.17) is 0 Å². The largest absolute Gasteiger partial charge is 0.329 e. The number of nitrogens with zero attached hydrogens (tertiary/aromatic N) is 7. The molecule has 2 atom stereocenters. The zero-order valence-electron chi connectivity index (χ0n) is 22.8. The first-order chi connectivity index (χ1) is 20.8. The van der Waals surface area contributed by atoms with Crippen LogP contribution in [0.4, 0.5) is 17.6 Å². The Labute approximate surface area is 243 Å². The number of fused-ring (bicyclic) bond motifs is 1. The molecule has 5 heterocycles. The minimum Gasteiger partial charge on any atom is -0.329 e. The van der Waals surface area contributed by atoms with Crippen LogP contribution >= 0.6 is 0 Å². The van der Waals surface area contributed by atoms with Gasteiger partial charge in [0, 0.05) is 47.9 Å². The Balaban J connectivity index is 1.15. The third-order valence-electron chi connectivity index (χ3n) is 8.24.